The lowest BCUT2D eigenvalue weighted by Gasteiger charge is -2.23. The van der Waals surface area contributed by atoms with Crippen molar-refractivity contribution in [3.05, 3.63) is 30.1 Å². The number of hydrogen-bond acceptors (Lipinski definition) is 3. The van der Waals surface area contributed by atoms with Gasteiger partial charge < -0.3 is 10.1 Å². The fraction of sp³-hybridized carbons (Fsp3) is 0.500. The number of carbonyl (C=O) groups excluding carboxylic acids is 2. The van der Waals surface area contributed by atoms with Crippen molar-refractivity contribution in [1.29, 1.82) is 0 Å². The van der Waals surface area contributed by atoms with E-state index in [1.165, 1.54) is 37.6 Å². The lowest BCUT2D eigenvalue weighted by atomic mass is 9.96. The van der Waals surface area contributed by atoms with Gasteiger partial charge in [-0.25, -0.2) is 9.18 Å². The second-order valence-corrected chi connectivity index (χ2v) is 5.51. The minimum atomic E-state index is -0.845. The monoisotopic (exact) mass is 308 g/mol. The van der Waals surface area contributed by atoms with Gasteiger partial charge in [-0.1, -0.05) is 19.3 Å². The minimum absolute atomic E-state index is 0.134. The van der Waals surface area contributed by atoms with Gasteiger partial charge in [0.15, 0.2) is 6.10 Å². The summed E-state index contributed by atoms with van der Waals surface area (Å²) in [6.45, 7) is 1.53. The van der Waals surface area contributed by atoms with Crippen molar-refractivity contribution in [2.45, 2.75) is 51.2 Å². The molecule has 1 aromatic carbocycles. The first kappa shape index (κ1) is 16.3. The average Bonchev–Trinajstić information content (AvgIpc) is 2.50. The predicted octanol–water partition coefficient (Wildman–Crippen LogP) is 2.75. The van der Waals surface area contributed by atoms with Crippen LogP contribution in [0.5, 0.6) is 5.75 Å². The predicted molar refractivity (Wildman–Crippen MR) is 80.0 cm³/mol. The zero-order valence-corrected chi connectivity index (χ0v) is 12.6. The van der Waals surface area contributed by atoms with E-state index >= 15 is 0 Å². The Morgan fingerprint density at radius 1 is 1.18 bits per heavy atom. The normalized spacial score (nSPS) is 16.6. The molecular weight excluding hydrogens is 287 g/mol. The van der Waals surface area contributed by atoms with Crippen LogP contribution < -0.4 is 15.4 Å². The van der Waals surface area contributed by atoms with E-state index in [9.17, 15) is 14.0 Å². The molecule has 1 saturated carbocycles. The maximum Gasteiger partial charge on any atom is 0.321 e. The molecule has 1 aliphatic carbocycles. The van der Waals surface area contributed by atoms with Crippen LogP contribution in [0.3, 0.4) is 0 Å². The maximum absolute atomic E-state index is 12.8. The summed E-state index contributed by atoms with van der Waals surface area (Å²) in [5.74, 6) is -0.536. The van der Waals surface area contributed by atoms with E-state index in [1.807, 2.05) is 0 Å². The van der Waals surface area contributed by atoms with Crippen LogP contribution in [0.2, 0.25) is 0 Å². The first-order valence-corrected chi connectivity index (χ1v) is 7.58. The summed E-state index contributed by atoms with van der Waals surface area (Å²) < 4.78 is 18.2. The summed E-state index contributed by atoms with van der Waals surface area (Å²) in [6, 6.07) is 5.00. The minimum Gasteiger partial charge on any atom is -0.481 e. The first-order valence-electron chi connectivity index (χ1n) is 7.58. The van der Waals surface area contributed by atoms with Crippen molar-refractivity contribution in [1.82, 2.24) is 10.6 Å². The zero-order chi connectivity index (χ0) is 15.9. The van der Waals surface area contributed by atoms with Crippen LogP contribution in [0.25, 0.3) is 0 Å². The molecule has 0 aliphatic heterocycles. The van der Waals surface area contributed by atoms with Gasteiger partial charge in [-0.3, -0.25) is 10.1 Å². The number of ether oxygens (including phenoxy) is 1. The number of amides is 3. The maximum atomic E-state index is 12.8. The molecular formula is C16H21FN2O3. The lowest BCUT2D eigenvalue weighted by Crippen LogP contribution is -2.48. The largest absolute Gasteiger partial charge is 0.481 e. The van der Waals surface area contributed by atoms with E-state index in [1.54, 1.807) is 0 Å². The highest BCUT2D eigenvalue weighted by atomic mass is 19.1. The number of benzene rings is 1. The number of nitrogens with one attached hydrogen (secondary N) is 2. The first-order chi connectivity index (χ1) is 10.5. The summed E-state index contributed by atoms with van der Waals surface area (Å²) in [5, 5.41) is 5.07. The van der Waals surface area contributed by atoms with E-state index in [0.717, 1.165) is 25.7 Å². The van der Waals surface area contributed by atoms with E-state index in [2.05, 4.69) is 10.6 Å². The molecule has 0 unspecified atom stereocenters. The van der Waals surface area contributed by atoms with Crippen molar-refractivity contribution in [2.75, 3.05) is 0 Å². The molecule has 0 aromatic heterocycles. The van der Waals surface area contributed by atoms with Crippen LogP contribution in [-0.2, 0) is 4.79 Å². The third kappa shape index (κ3) is 5.02. The second-order valence-electron chi connectivity index (χ2n) is 5.51. The molecule has 0 radical (unpaired) electrons. The molecule has 1 aromatic rings. The Hall–Kier alpha value is -2.11. The Morgan fingerprint density at radius 3 is 2.45 bits per heavy atom. The van der Waals surface area contributed by atoms with Crippen molar-refractivity contribution in [3.8, 4) is 5.75 Å². The quantitative estimate of drug-likeness (QED) is 0.898. The number of rotatable bonds is 4. The second kappa shape index (κ2) is 7.77. The van der Waals surface area contributed by atoms with E-state index in [0.29, 0.717) is 5.75 Å². The van der Waals surface area contributed by atoms with Crippen LogP contribution in [0, 0.1) is 5.82 Å². The molecule has 0 spiro atoms. The van der Waals surface area contributed by atoms with E-state index < -0.39 is 18.0 Å². The molecule has 2 rings (SSSR count). The fourth-order valence-corrected chi connectivity index (χ4v) is 2.45. The van der Waals surface area contributed by atoms with Crippen molar-refractivity contribution < 1.29 is 18.7 Å². The summed E-state index contributed by atoms with van der Waals surface area (Å²) in [5.41, 5.74) is 0. The Bertz CT molecular complexity index is 513. The Balaban J connectivity index is 1.77. The van der Waals surface area contributed by atoms with E-state index in [-0.39, 0.29) is 11.9 Å². The number of imide groups is 1. The molecule has 120 valence electrons. The highest BCUT2D eigenvalue weighted by Crippen LogP contribution is 2.17. The standard InChI is InChI=1S/C16H21FN2O3/c1-11(22-14-9-7-12(17)8-10-14)15(20)19-16(21)18-13-5-3-2-4-6-13/h7-11,13H,2-6H2,1H3,(H2,18,19,20,21)/t11-/m0/s1. The van der Waals surface area contributed by atoms with Crippen LogP contribution in [0.4, 0.5) is 9.18 Å². The van der Waals surface area contributed by atoms with Crippen LogP contribution in [0.1, 0.15) is 39.0 Å². The fourth-order valence-electron chi connectivity index (χ4n) is 2.45. The number of hydrogen-bond donors (Lipinski definition) is 2. The van der Waals surface area contributed by atoms with Gasteiger partial charge in [0, 0.05) is 6.04 Å². The number of halogens is 1. The summed E-state index contributed by atoms with van der Waals surface area (Å²) in [6.07, 6.45) is 4.45. The molecule has 0 heterocycles. The summed E-state index contributed by atoms with van der Waals surface area (Å²) >= 11 is 0. The topological polar surface area (TPSA) is 67.4 Å². The van der Waals surface area contributed by atoms with Gasteiger partial charge in [-0.05, 0) is 44.0 Å². The molecule has 6 heteroatoms. The van der Waals surface area contributed by atoms with Gasteiger partial charge >= 0.3 is 6.03 Å². The molecule has 2 N–H and O–H groups in total. The van der Waals surface area contributed by atoms with Gasteiger partial charge in [-0.2, -0.15) is 0 Å². The number of carbonyl (C=O) groups is 2. The Morgan fingerprint density at radius 2 is 1.82 bits per heavy atom. The average molecular weight is 308 g/mol. The third-order valence-corrected chi connectivity index (χ3v) is 3.67. The Kier molecular flexibility index (Phi) is 5.75. The molecule has 1 aliphatic rings. The van der Waals surface area contributed by atoms with Gasteiger partial charge in [0.2, 0.25) is 0 Å². The molecule has 1 atom stereocenters. The van der Waals surface area contributed by atoms with Crippen LogP contribution >= 0.6 is 0 Å². The Labute approximate surface area is 129 Å². The molecule has 1 fully saturated rings. The van der Waals surface area contributed by atoms with Crippen molar-refractivity contribution in [3.63, 3.8) is 0 Å². The van der Waals surface area contributed by atoms with Crippen molar-refractivity contribution in [2.24, 2.45) is 0 Å². The summed E-state index contributed by atoms with van der Waals surface area (Å²) in [7, 11) is 0. The lowest BCUT2D eigenvalue weighted by molar-refractivity contribution is -0.126. The smallest absolute Gasteiger partial charge is 0.321 e. The van der Waals surface area contributed by atoms with Crippen LogP contribution in [-0.4, -0.2) is 24.1 Å². The highest BCUT2D eigenvalue weighted by Gasteiger charge is 2.20. The molecule has 3 amide bonds. The third-order valence-electron chi connectivity index (χ3n) is 3.67. The SMILES string of the molecule is C[C@H](Oc1ccc(F)cc1)C(=O)NC(=O)NC1CCCCC1. The molecule has 0 saturated heterocycles. The highest BCUT2D eigenvalue weighted by molar-refractivity contribution is 5.96. The zero-order valence-electron chi connectivity index (χ0n) is 12.6. The van der Waals surface area contributed by atoms with Crippen LogP contribution in [0.15, 0.2) is 24.3 Å². The molecule has 5 nitrogen and oxygen atoms in total. The van der Waals surface area contributed by atoms with Gasteiger partial charge in [0.05, 0.1) is 0 Å². The van der Waals surface area contributed by atoms with Crippen molar-refractivity contribution >= 4 is 11.9 Å². The summed E-state index contributed by atoms with van der Waals surface area (Å²) in [4.78, 5) is 23.7. The molecule has 0 bridgehead atoms. The van der Waals surface area contributed by atoms with Gasteiger partial charge in [-0.15, -0.1) is 0 Å². The van der Waals surface area contributed by atoms with Gasteiger partial charge in [0.1, 0.15) is 11.6 Å². The van der Waals surface area contributed by atoms with Gasteiger partial charge in [0.25, 0.3) is 5.91 Å². The van der Waals surface area contributed by atoms with E-state index in [4.69, 9.17) is 4.74 Å². The number of urea groups is 1. The molecule has 22 heavy (non-hydrogen) atoms.